The van der Waals surface area contributed by atoms with Crippen LogP contribution in [0, 0.1) is 29.5 Å². The Bertz CT molecular complexity index is 480. The van der Waals surface area contributed by atoms with Gasteiger partial charge in [-0.1, -0.05) is 61.3 Å². The van der Waals surface area contributed by atoms with Gasteiger partial charge in [-0.25, -0.2) is 4.39 Å². The zero-order chi connectivity index (χ0) is 13.9. The molecule has 1 fully saturated rings. The second kappa shape index (κ2) is 4.21. The van der Waals surface area contributed by atoms with Crippen molar-refractivity contribution in [2.45, 2.75) is 39.4 Å². The summed E-state index contributed by atoms with van der Waals surface area (Å²) in [5.74, 6) is 0.269. The zero-order valence-electron chi connectivity index (χ0n) is 11.4. The molecule has 1 atom stereocenters. The number of hydrogen-bond donors (Lipinski definition) is 0. The van der Waals surface area contributed by atoms with Crippen molar-refractivity contribution in [3.63, 3.8) is 0 Å². The van der Waals surface area contributed by atoms with Crippen molar-refractivity contribution < 1.29 is 4.39 Å². The lowest BCUT2D eigenvalue weighted by Crippen LogP contribution is -2.01. The van der Waals surface area contributed by atoms with E-state index in [1.807, 2.05) is 6.07 Å². The molecule has 1 aromatic rings. The van der Waals surface area contributed by atoms with Crippen LogP contribution in [0.15, 0.2) is 12.1 Å². The van der Waals surface area contributed by atoms with E-state index in [2.05, 4.69) is 43.6 Å². The summed E-state index contributed by atoms with van der Waals surface area (Å²) >= 11 is 9.95. The second-order valence-corrected chi connectivity index (χ2v) is 7.84. The van der Waals surface area contributed by atoms with Gasteiger partial charge in [0.1, 0.15) is 5.82 Å². The lowest BCUT2D eigenvalue weighted by molar-refractivity contribution is 0.457. The Morgan fingerprint density at radius 3 is 2.17 bits per heavy atom. The van der Waals surface area contributed by atoms with E-state index in [4.69, 9.17) is 11.6 Å². The van der Waals surface area contributed by atoms with Gasteiger partial charge in [0.05, 0.1) is 0 Å². The number of rotatable bonds is 2. The second-order valence-electron chi connectivity index (χ2n) is 6.45. The summed E-state index contributed by atoms with van der Waals surface area (Å²) in [7, 11) is 0. The quantitative estimate of drug-likeness (QED) is 0.591. The highest BCUT2D eigenvalue weighted by atomic mass is 79.9. The van der Waals surface area contributed by atoms with Crippen molar-refractivity contribution in [2.24, 2.45) is 16.7 Å². The van der Waals surface area contributed by atoms with E-state index < -0.39 is 0 Å². The Morgan fingerprint density at radius 1 is 1.22 bits per heavy atom. The van der Waals surface area contributed by atoms with Gasteiger partial charge in [0, 0.05) is 9.85 Å². The molecule has 0 saturated heterocycles. The van der Waals surface area contributed by atoms with Gasteiger partial charge in [-0.3, -0.25) is 0 Å². The maximum Gasteiger partial charge on any atom is 0.127 e. The zero-order valence-corrected chi connectivity index (χ0v) is 13.8. The molecule has 1 aliphatic rings. The third-order valence-electron chi connectivity index (χ3n) is 5.00. The van der Waals surface area contributed by atoms with E-state index in [0.717, 1.165) is 5.56 Å². The van der Waals surface area contributed by atoms with E-state index in [1.165, 1.54) is 6.07 Å². The first-order chi connectivity index (χ1) is 8.10. The van der Waals surface area contributed by atoms with Crippen molar-refractivity contribution in [1.29, 1.82) is 0 Å². The molecule has 18 heavy (non-hydrogen) atoms. The van der Waals surface area contributed by atoms with Gasteiger partial charge in [0.25, 0.3) is 0 Å². The van der Waals surface area contributed by atoms with Gasteiger partial charge >= 0.3 is 0 Å². The third kappa shape index (κ3) is 1.92. The summed E-state index contributed by atoms with van der Waals surface area (Å²) in [6, 6.07) is 3.28. The molecule has 1 saturated carbocycles. The first-order valence-electron chi connectivity index (χ1n) is 6.20. The van der Waals surface area contributed by atoms with Crippen molar-refractivity contribution in [1.82, 2.24) is 0 Å². The number of aryl methyl sites for hydroxylation is 1. The van der Waals surface area contributed by atoms with E-state index in [9.17, 15) is 4.39 Å². The number of hydrogen-bond acceptors (Lipinski definition) is 0. The Balaban J connectivity index is 2.37. The van der Waals surface area contributed by atoms with Crippen LogP contribution in [0.5, 0.6) is 0 Å². The van der Waals surface area contributed by atoms with Gasteiger partial charge in [-0.15, -0.1) is 0 Å². The fourth-order valence-electron chi connectivity index (χ4n) is 3.05. The summed E-state index contributed by atoms with van der Waals surface area (Å²) in [5, 5.41) is 0.512. The molecule has 0 amide bonds. The first kappa shape index (κ1) is 14.3. The van der Waals surface area contributed by atoms with Gasteiger partial charge in [0.2, 0.25) is 0 Å². The molecule has 0 nitrogen and oxygen atoms in total. The molecule has 2 rings (SSSR count). The van der Waals surface area contributed by atoms with Gasteiger partial charge in [-0.2, -0.15) is 0 Å². The number of benzene rings is 1. The molecule has 1 unspecified atom stereocenters. The van der Waals surface area contributed by atoms with E-state index >= 15 is 0 Å². The van der Waals surface area contributed by atoms with E-state index in [1.54, 1.807) is 6.92 Å². The van der Waals surface area contributed by atoms with Crippen LogP contribution < -0.4 is 0 Å². The molecule has 0 heterocycles. The van der Waals surface area contributed by atoms with Crippen LogP contribution in [0.3, 0.4) is 0 Å². The minimum atomic E-state index is -0.238. The summed E-state index contributed by atoms with van der Waals surface area (Å²) in [5.41, 5.74) is 2.19. The molecular formula is C15H19BrClF. The summed E-state index contributed by atoms with van der Waals surface area (Å²) in [4.78, 5) is 0.175. The summed E-state index contributed by atoms with van der Waals surface area (Å²) in [6.07, 6.45) is 0. The highest BCUT2D eigenvalue weighted by Crippen LogP contribution is 2.74. The van der Waals surface area contributed by atoms with Gasteiger partial charge in [0.15, 0.2) is 0 Å². The van der Waals surface area contributed by atoms with Crippen LogP contribution in [-0.2, 0) is 0 Å². The van der Waals surface area contributed by atoms with Crippen molar-refractivity contribution in [3.05, 3.63) is 34.1 Å². The molecule has 0 aliphatic heterocycles. The average molecular weight is 334 g/mol. The van der Waals surface area contributed by atoms with Crippen molar-refractivity contribution >= 4 is 27.5 Å². The third-order valence-corrected chi connectivity index (χ3v) is 6.35. The molecule has 1 aliphatic carbocycles. The maximum absolute atomic E-state index is 13.4. The number of halogens is 3. The lowest BCUT2D eigenvalue weighted by atomic mass is 10.0. The standard InChI is InChI=1S/C15H19BrClF/c1-8-6-9(10(17)7-11(8)18)12(16)13-14(2,3)15(13,4)5/h6-7,12-13H,1-5H3. The normalized spacial score (nSPS) is 22.9. The minimum Gasteiger partial charge on any atom is -0.207 e. The predicted molar refractivity (Wildman–Crippen MR) is 78.9 cm³/mol. The smallest absolute Gasteiger partial charge is 0.127 e. The van der Waals surface area contributed by atoms with Crippen LogP contribution >= 0.6 is 27.5 Å². The van der Waals surface area contributed by atoms with Gasteiger partial charge < -0.3 is 0 Å². The SMILES string of the molecule is Cc1cc(C(Br)C2C(C)(C)C2(C)C)c(Cl)cc1F. The van der Waals surface area contributed by atoms with E-state index in [0.29, 0.717) is 16.5 Å². The Labute approximate surface area is 122 Å². The topological polar surface area (TPSA) is 0 Å². The summed E-state index contributed by atoms with van der Waals surface area (Å²) < 4.78 is 13.4. The van der Waals surface area contributed by atoms with Crippen molar-refractivity contribution in [3.8, 4) is 0 Å². The number of alkyl halides is 1. The molecule has 0 N–H and O–H groups in total. The van der Waals surface area contributed by atoms with Crippen LogP contribution in [-0.4, -0.2) is 0 Å². The molecule has 1 aromatic carbocycles. The van der Waals surface area contributed by atoms with Crippen LogP contribution in [0.1, 0.15) is 43.6 Å². The fourth-order valence-corrected chi connectivity index (χ4v) is 5.15. The fraction of sp³-hybridized carbons (Fsp3) is 0.600. The highest BCUT2D eigenvalue weighted by Gasteiger charge is 2.67. The molecule has 0 spiro atoms. The Morgan fingerprint density at radius 2 is 1.72 bits per heavy atom. The largest absolute Gasteiger partial charge is 0.207 e. The monoisotopic (exact) mass is 332 g/mol. The predicted octanol–water partition coefficient (Wildman–Crippen LogP) is 5.91. The minimum absolute atomic E-state index is 0.175. The van der Waals surface area contributed by atoms with Crippen molar-refractivity contribution in [2.75, 3.05) is 0 Å². The summed E-state index contributed by atoms with van der Waals surface area (Å²) in [6.45, 7) is 10.9. The van der Waals surface area contributed by atoms with Gasteiger partial charge in [-0.05, 0) is 40.9 Å². The molecule has 3 heteroatoms. The highest BCUT2D eigenvalue weighted by molar-refractivity contribution is 9.09. The molecule has 100 valence electrons. The van der Waals surface area contributed by atoms with Crippen LogP contribution in [0.4, 0.5) is 4.39 Å². The Kier molecular flexibility index (Phi) is 3.35. The maximum atomic E-state index is 13.4. The Hall–Kier alpha value is -0.0800. The molecule has 0 radical (unpaired) electrons. The van der Waals surface area contributed by atoms with Crippen LogP contribution in [0.2, 0.25) is 5.02 Å². The average Bonchev–Trinajstić information content (AvgIpc) is 2.62. The molecular weight excluding hydrogens is 315 g/mol. The molecule has 0 bridgehead atoms. The lowest BCUT2D eigenvalue weighted by Gasteiger charge is -2.15. The molecule has 0 aromatic heterocycles. The van der Waals surface area contributed by atoms with E-state index in [-0.39, 0.29) is 21.5 Å². The first-order valence-corrected chi connectivity index (χ1v) is 7.49. The van der Waals surface area contributed by atoms with Crippen LogP contribution in [0.25, 0.3) is 0 Å².